The number of nitrogens with one attached hydrogen (secondary N) is 1. The fraction of sp³-hybridized carbons (Fsp3) is 0.647. The zero-order valence-corrected chi connectivity index (χ0v) is 13.4. The predicted octanol–water partition coefficient (Wildman–Crippen LogP) is 3.36. The fourth-order valence-corrected chi connectivity index (χ4v) is 3.20. The topological polar surface area (TPSA) is 24.5 Å². The molecule has 3 nitrogen and oxygen atoms in total. The minimum absolute atomic E-state index is 0.218. The van der Waals surface area contributed by atoms with E-state index in [0.29, 0.717) is 11.8 Å². The molecule has 1 aromatic rings. The van der Waals surface area contributed by atoms with Gasteiger partial charge < -0.3 is 10.1 Å². The van der Waals surface area contributed by atoms with Crippen LogP contribution >= 0.6 is 0 Å². The van der Waals surface area contributed by atoms with Crippen molar-refractivity contribution in [2.45, 2.75) is 45.2 Å². The number of ether oxygens (including phenoxy) is 1. The molecule has 1 fully saturated rings. The summed E-state index contributed by atoms with van der Waals surface area (Å²) in [7, 11) is 1.50. The summed E-state index contributed by atoms with van der Waals surface area (Å²) in [5, 5.41) is 3.47. The van der Waals surface area contributed by atoms with Crippen LogP contribution < -0.4 is 10.1 Å². The molecule has 1 aromatic carbocycles. The van der Waals surface area contributed by atoms with Crippen LogP contribution in [0, 0.1) is 5.82 Å². The first-order valence-electron chi connectivity index (χ1n) is 7.97. The lowest BCUT2D eigenvalue weighted by molar-refractivity contribution is 0.120. The normalized spacial score (nSPS) is 20.5. The molecule has 0 spiro atoms. The molecule has 1 aliphatic heterocycles. The van der Waals surface area contributed by atoms with Crippen LogP contribution in [0.3, 0.4) is 0 Å². The second-order valence-corrected chi connectivity index (χ2v) is 5.81. The number of piperidine rings is 1. The Morgan fingerprint density at radius 2 is 2.29 bits per heavy atom. The smallest absolute Gasteiger partial charge is 0.165 e. The van der Waals surface area contributed by atoms with Crippen molar-refractivity contribution in [1.29, 1.82) is 0 Å². The van der Waals surface area contributed by atoms with Gasteiger partial charge in [-0.3, -0.25) is 4.90 Å². The fourth-order valence-electron chi connectivity index (χ4n) is 3.20. The molecule has 0 saturated carbocycles. The lowest BCUT2D eigenvalue weighted by Crippen LogP contribution is -2.47. The van der Waals surface area contributed by atoms with Crippen LogP contribution in [0.4, 0.5) is 4.39 Å². The van der Waals surface area contributed by atoms with E-state index in [1.807, 2.05) is 6.07 Å². The van der Waals surface area contributed by atoms with E-state index in [1.165, 1.54) is 20.0 Å². The van der Waals surface area contributed by atoms with Gasteiger partial charge in [0.05, 0.1) is 7.11 Å². The molecule has 118 valence electrons. The predicted molar refractivity (Wildman–Crippen MR) is 84.3 cm³/mol. The summed E-state index contributed by atoms with van der Waals surface area (Å²) < 4.78 is 19.0. The van der Waals surface area contributed by atoms with Crippen LogP contribution in [0.1, 0.15) is 44.7 Å². The van der Waals surface area contributed by atoms with Gasteiger partial charge in [-0.1, -0.05) is 13.0 Å². The number of hydrogen-bond acceptors (Lipinski definition) is 3. The number of hydrogen-bond donors (Lipinski definition) is 1. The summed E-state index contributed by atoms with van der Waals surface area (Å²) in [5.74, 6) is 0.0346. The van der Waals surface area contributed by atoms with Crippen LogP contribution in [0.2, 0.25) is 0 Å². The zero-order chi connectivity index (χ0) is 15.2. The zero-order valence-electron chi connectivity index (χ0n) is 13.4. The maximum absolute atomic E-state index is 13.9. The minimum Gasteiger partial charge on any atom is -0.494 e. The van der Waals surface area contributed by atoms with Crippen molar-refractivity contribution in [2.24, 2.45) is 0 Å². The maximum Gasteiger partial charge on any atom is 0.165 e. The third kappa shape index (κ3) is 3.95. The maximum atomic E-state index is 13.9. The molecule has 2 rings (SSSR count). The largest absolute Gasteiger partial charge is 0.494 e. The van der Waals surface area contributed by atoms with Gasteiger partial charge in [-0.25, -0.2) is 4.39 Å². The van der Waals surface area contributed by atoms with Crippen molar-refractivity contribution in [3.8, 4) is 5.75 Å². The Kier molecular flexibility index (Phi) is 6.00. The van der Waals surface area contributed by atoms with E-state index >= 15 is 0 Å². The first kappa shape index (κ1) is 16.2. The van der Waals surface area contributed by atoms with Gasteiger partial charge in [0.15, 0.2) is 11.6 Å². The number of nitrogens with zero attached hydrogens (tertiary/aromatic N) is 1. The molecular formula is C17H27FN2O. The molecule has 0 amide bonds. The highest BCUT2D eigenvalue weighted by Gasteiger charge is 2.25. The standard InChI is InChI=1S/C17H27FN2O/c1-4-10-20(15-6-5-9-19-12-15)13(2)14-7-8-17(21-3)16(18)11-14/h7-8,11,13,15,19H,4-6,9-10,12H2,1-3H3. The van der Waals surface area contributed by atoms with Crippen LogP contribution in [0.5, 0.6) is 5.75 Å². The lowest BCUT2D eigenvalue weighted by Gasteiger charge is -2.39. The molecule has 4 heteroatoms. The monoisotopic (exact) mass is 294 g/mol. The molecule has 21 heavy (non-hydrogen) atoms. The second kappa shape index (κ2) is 7.76. The van der Waals surface area contributed by atoms with Crippen molar-refractivity contribution >= 4 is 0 Å². The van der Waals surface area contributed by atoms with Gasteiger partial charge in [-0.05, 0) is 57.0 Å². The van der Waals surface area contributed by atoms with Crippen LogP contribution in [-0.2, 0) is 0 Å². The van der Waals surface area contributed by atoms with Crippen molar-refractivity contribution in [2.75, 3.05) is 26.7 Å². The third-order valence-corrected chi connectivity index (χ3v) is 4.38. The molecule has 2 unspecified atom stereocenters. The molecule has 2 atom stereocenters. The number of benzene rings is 1. The molecular weight excluding hydrogens is 267 g/mol. The van der Waals surface area contributed by atoms with Crippen molar-refractivity contribution in [3.05, 3.63) is 29.6 Å². The summed E-state index contributed by atoms with van der Waals surface area (Å²) in [4.78, 5) is 2.51. The third-order valence-electron chi connectivity index (χ3n) is 4.38. The summed E-state index contributed by atoms with van der Waals surface area (Å²) in [6.07, 6.45) is 3.55. The highest BCUT2D eigenvalue weighted by molar-refractivity contribution is 5.31. The van der Waals surface area contributed by atoms with Crippen molar-refractivity contribution in [1.82, 2.24) is 10.2 Å². The molecule has 0 aromatic heterocycles. The van der Waals surface area contributed by atoms with E-state index < -0.39 is 0 Å². The van der Waals surface area contributed by atoms with Crippen LogP contribution in [0.25, 0.3) is 0 Å². The highest BCUT2D eigenvalue weighted by Crippen LogP contribution is 2.28. The Morgan fingerprint density at radius 3 is 2.86 bits per heavy atom. The Morgan fingerprint density at radius 1 is 1.48 bits per heavy atom. The Balaban J connectivity index is 2.16. The van der Waals surface area contributed by atoms with E-state index in [0.717, 1.165) is 31.6 Å². The number of methoxy groups -OCH3 is 1. The number of halogens is 1. The van der Waals surface area contributed by atoms with Gasteiger partial charge in [0.25, 0.3) is 0 Å². The Labute approximate surface area is 127 Å². The van der Waals surface area contributed by atoms with E-state index in [9.17, 15) is 4.39 Å². The van der Waals surface area contributed by atoms with E-state index in [2.05, 4.69) is 24.1 Å². The Hall–Kier alpha value is -1.13. The highest BCUT2D eigenvalue weighted by atomic mass is 19.1. The summed E-state index contributed by atoms with van der Waals surface area (Å²) >= 11 is 0. The van der Waals surface area contributed by atoms with E-state index in [-0.39, 0.29) is 11.9 Å². The summed E-state index contributed by atoms with van der Waals surface area (Å²) in [6.45, 7) is 7.56. The first-order chi connectivity index (χ1) is 10.2. The average molecular weight is 294 g/mol. The van der Waals surface area contributed by atoms with Gasteiger partial charge in [0, 0.05) is 18.6 Å². The van der Waals surface area contributed by atoms with Crippen LogP contribution in [-0.4, -0.2) is 37.7 Å². The van der Waals surface area contributed by atoms with Gasteiger partial charge in [0.2, 0.25) is 0 Å². The summed E-state index contributed by atoms with van der Waals surface area (Å²) in [5.41, 5.74) is 1.02. The van der Waals surface area contributed by atoms with Gasteiger partial charge >= 0.3 is 0 Å². The molecule has 1 aliphatic rings. The average Bonchev–Trinajstić information content (AvgIpc) is 2.52. The molecule has 1 N–H and O–H groups in total. The summed E-state index contributed by atoms with van der Waals surface area (Å²) in [6, 6.07) is 6.08. The lowest BCUT2D eigenvalue weighted by atomic mass is 9.99. The molecule has 0 aliphatic carbocycles. The minimum atomic E-state index is -0.278. The van der Waals surface area contributed by atoms with Crippen molar-refractivity contribution in [3.63, 3.8) is 0 Å². The van der Waals surface area contributed by atoms with Gasteiger partial charge in [-0.15, -0.1) is 0 Å². The molecule has 1 heterocycles. The SMILES string of the molecule is CCCN(C1CCCNC1)C(C)c1ccc(OC)c(F)c1. The van der Waals surface area contributed by atoms with Gasteiger partial charge in [0.1, 0.15) is 0 Å². The van der Waals surface area contributed by atoms with Crippen LogP contribution in [0.15, 0.2) is 18.2 Å². The molecule has 0 radical (unpaired) electrons. The second-order valence-electron chi connectivity index (χ2n) is 5.81. The molecule has 1 saturated heterocycles. The van der Waals surface area contributed by atoms with E-state index in [4.69, 9.17) is 4.74 Å². The van der Waals surface area contributed by atoms with Crippen molar-refractivity contribution < 1.29 is 9.13 Å². The quantitative estimate of drug-likeness (QED) is 0.870. The number of rotatable bonds is 6. The first-order valence-corrected chi connectivity index (χ1v) is 7.97. The van der Waals surface area contributed by atoms with Gasteiger partial charge in [-0.2, -0.15) is 0 Å². The molecule has 0 bridgehead atoms. The Bertz CT molecular complexity index is 446. The van der Waals surface area contributed by atoms with E-state index in [1.54, 1.807) is 12.1 Å².